The lowest BCUT2D eigenvalue weighted by molar-refractivity contribution is -0.127. The van der Waals surface area contributed by atoms with E-state index in [2.05, 4.69) is 42.3 Å². The summed E-state index contributed by atoms with van der Waals surface area (Å²) in [5.74, 6) is 2.15. The molecular weight excluding hydrogens is 364 g/mol. The molecule has 1 aliphatic rings. The second-order valence-electron chi connectivity index (χ2n) is 7.75. The molecule has 1 atom stereocenters. The lowest BCUT2D eigenvalue weighted by atomic mass is 9.99. The molecule has 0 aromatic heterocycles. The van der Waals surface area contributed by atoms with Gasteiger partial charge in [0.2, 0.25) is 5.91 Å². The molecule has 0 N–H and O–H groups in total. The SMILES string of the molecule is COc1ccc(CCN(C)CCCN2CC(c3ccccc3)CC2=O)cc1OC. The van der Waals surface area contributed by atoms with Gasteiger partial charge in [0.25, 0.3) is 0 Å². The minimum absolute atomic E-state index is 0.284. The van der Waals surface area contributed by atoms with Crippen LogP contribution < -0.4 is 9.47 Å². The van der Waals surface area contributed by atoms with Gasteiger partial charge < -0.3 is 19.3 Å². The zero-order valence-corrected chi connectivity index (χ0v) is 17.8. The van der Waals surface area contributed by atoms with E-state index in [9.17, 15) is 4.79 Å². The third-order valence-electron chi connectivity index (χ3n) is 5.68. The molecule has 1 fully saturated rings. The van der Waals surface area contributed by atoms with Crippen LogP contribution in [-0.2, 0) is 11.2 Å². The lowest BCUT2D eigenvalue weighted by Gasteiger charge is -2.20. The van der Waals surface area contributed by atoms with Crippen LogP contribution in [-0.4, -0.2) is 63.2 Å². The van der Waals surface area contributed by atoms with Crippen LogP contribution in [0.15, 0.2) is 48.5 Å². The smallest absolute Gasteiger partial charge is 0.223 e. The number of hydrogen-bond donors (Lipinski definition) is 0. The first kappa shape index (κ1) is 21.2. The second-order valence-corrected chi connectivity index (χ2v) is 7.75. The third kappa shape index (κ3) is 5.73. The maximum atomic E-state index is 12.3. The Labute approximate surface area is 174 Å². The van der Waals surface area contributed by atoms with Gasteiger partial charge in [-0.25, -0.2) is 0 Å². The Hall–Kier alpha value is -2.53. The highest BCUT2D eigenvalue weighted by atomic mass is 16.5. The lowest BCUT2D eigenvalue weighted by Crippen LogP contribution is -2.30. The molecule has 156 valence electrons. The highest BCUT2D eigenvalue weighted by Crippen LogP contribution is 2.28. The van der Waals surface area contributed by atoms with Gasteiger partial charge in [-0.15, -0.1) is 0 Å². The van der Waals surface area contributed by atoms with Gasteiger partial charge in [0.05, 0.1) is 14.2 Å². The second kappa shape index (κ2) is 10.3. The molecule has 1 amide bonds. The molecule has 0 bridgehead atoms. The number of rotatable bonds is 10. The summed E-state index contributed by atoms with van der Waals surface area (Å²) in [5.41, 5.74) is 2.50. The fourth-order valence-corrected chi connectivity index (χ4v) is 3.94. The van der Waals surface area contributed by atoms with Crippen LogP contribution in [0.4, 0.5) is 0 Å². The molecule has 0 radical (unpaired) electrons. The van der Waals surface area contributed by atoms with E-state index in [1.807, 2.05) is 23.1 Å². The Bertz CT molecular complexity index is 794. The summed E-state index contributed by atoms with van der Waals surface area (Å²) in [4.78, 5) is 16.7. The average Bonchev–Trinajstić information content (AvgIpc) is 3.13. The molecule has 0 spiro atoms. The monoisotopic (exact) mass is 396 g/mol. The zero-order chi connectivity index (χ0) is 20.6. The van der Waals surface area contributed by atoms with Crippen LogP contribution in [0.5, 0.6) is 11.5 Å². The molecule has 1 aliphatic heterocycles. The van der Waals surface area contributed by atoms with Crippen LogP contribution >= 0.6 is 0 Å². The maximum Gasteiger partial charge on any atom is 0.223 e. The van der Waals surface area contributed by atoms with E-state index in [0.29, 0.717) is 12.3 Å². The van der Waals surface area contributed by atoms with Crippen molar-refractivity contribution in [2.45, 2.75) is 25.2 Å². The summed E-state index contributed by atoms with van der Waals surface area (Å²) in [5, 5.41) is 0. The first-order chi connectivity index (χ1) is 14.1. The molecule has 5 heteroatoms. The predicted molar refractivity (Wildman–Crippen MR) is 116 cm³/mol. The van der Waals surface area contributed by atoms with E-state index >= 15 is 0 Å². The highest BCUT2D eigenvalue weighted by Gasteiger charge is 2.29. The highest BCUT2D eigenvalue weighted by molar-refractivity contribution is 5.79. The summed E-state index contributed by atoms with van der Waals surface area (Å²) in [6, 6.07) is 16.5. The van der Waals surface area contributed by atoms with Crippen molar-refractivity contribution in [1.29, 1.82) is 0 Å². The molecular formula is C24H32N2O3. The summed E-state index contributed by atoms with van der Waals surface area (Å²) in [6.07, 6.45) is 2.59. The fourth-order valence-electron chi connectivity index (χ4n) is 3.94. The number of carbonyl (C=O) groups is 1. The van der Waals surface area contributed by atoms with E-state index in [0.717, 1.165) is 50.5 Å². The van der Waals surface area contributed by atoms with Crippen molar-refractivity contribution >= 4 is 5.91 Å². The van der Waals surface area contributed by atoms with Crippen LogP contribution in [0.3, 0.4) is 0 Å². The average molecular weight is 397 g/mol. The van der Waals surface area contributed by atoms with Gasteiger partial charge in [0, 0.05) is 32.0 Å². The van der Waals surface area contributed by atoms with Crippen LogP contribution in [0.2, 0.25) is 0 Å². The van der Waals surface area contributed by atoms with Crippen molar-refractivity contribution in [3.63, 3.8) is 0 Å². The number of benzene rings is 2. The number of nitrogens with zero attached hydrogens (tertiary/aromatic N) is 2. The van der Waals surface area contributed by atoms with Gasteiger partial charge in [-0.2, -0.15) is 0 Å². The molecule has 1 heterocycles. The number of methoxy groups -OCH3 is 2. The maximum absolute atomic E-state index is 12.3. The quantitative estimate of drug-likeness (QED) is 0.616. The van der Waals surface area contributed by atoms with Gasteiger partial charge in [-0.05, 0) is 49.7 Å². The minimum atomic E-state index is 0.284. The van der Waals surface area contributed by atoms with Gasteiger partial charge >= 0.3 is 0 Å². The van der Waals surface area contributed by atoms with E-state index in [1.54, 1.807) is 14.2 Å². The number of ether oxygens (including phenoxy) is 2. The molecule has 0 saturated carbocycles. The Morgan fingerprint density at radius 2 is 1.79 bits per heavy atom. The molecule has 1 saturated heterocycles. The molecule has 29 heavy (non-hydrogen) atoms. The zero-order valence-electron chi connectivity index (χ0n) is 17.8. The van der Waals surface area contributed by atoms with Crippen molar-refractivity contribution in [2.75, 3.05) is 47.4 Å². The number of carbonyl (C=O) groups excluding carboxylic acids is 1. The normalized spacial score (nSPS) is 16.5. The van der Waals surface area contributed by atoms with Crippen molar-refractivity contribution in [3.05, 3.63) is 59.7 Å². The number of likely N-dealkylation sites (N-methyl/N-ethyl adjacent to an activating group) is 1. The molecule has 0 aliphatic carbocycles. The first-order valence-electron chi connectivity index (χ1n) is 10.3. The summed E-state index contributed by atoms with van der Waals surface area (Å²) in [6.45, 7) is 3.63. The number of amides is 1. The summed E-state index contributed by atoms with van der Waals surface area (Å²) in [7, 11) is 5.45. The van der Waals surface area contributed by atoms with Crippen LogP contribution in [0.25, 0.3) is 0 Å². The summed E-state index contributed by atoms with van der Waals surface area (Å²) < 4.78 is 10.7. The van der Waals surface area contributed by atoms with Crippen molar-refractivity contribution in [2.24, 2.45) is 0 Å². The molecule has 2 aromatic rings. The summed E-state index contributed by atoms with van der Waals surface area (Å²) >= 11 is 0. The molecule has 3 rings (SSSR count). The van der Waals surface area contributed by atoms with Gasteiger partial charge in [-0.3, -0.25) is 4.79 Å². The van der Waals surface area contributed by atoms with Crippen molar-refractivity contribution in [3.8, 4) is 11.5 Å². The predicted octanol–water partition coefficient (Wildman–Crippen LogP) is 3.58. The van der Waals surface area contributed by atoms with Gasteiger partial charge in [0.15, 0.2) is 11.5 Å². The largest absolute Gasteiger partial charge is 0.493 e. The molecule has 2 aromatic carbocycles. The minimum Gasteiger partial charge on any atom is -0.493 e. The Kier molecular flexibility index (Phi) is 7.53. The topological polar surface area (TPSA) is 42.0 Å². The number of hydrogen-bond acceptors (Lipinski definition) is 4. The van der Waals surface area contributed by atoms with Crippen molar-refractivity contribution in [1.82, 2.24) is 9.80 Å². The Balaban J connectivity index is 1.40. The van der Waals surface area contributed by atoms with Crippen LogP contribution in [0.1, 0.15) is 29.9 Å². The van der Waals surface area contributed by atoms with Gasteiger partial charge in [0.1, 0.15) is 0 Å². The standard InChI is InChI=1S/C24H32N2O3/c1-25(15-12-19-10-11-22(28-2)23(16-19)29-3)13-7-14-26-18-21(17-24(26)27)20-8-5-4-6-9-20/h4-6,8-11,16,21H,7,12-15,17-18H2,1-3H3. The van der Waals surface area contributed by atoms with E-state index in [-0.39, 0.29) is 5.91 Å². The molecule has 5 nitrogen and oxygen atoms in total. The van der Waals surface area contributed by atoms with Gasteiger partial charge in [-0.1, -0.05) is 36.4 Å². The van der Waals surface area contributed by atoms with Crippen molar-refractivity contribution < 1.29 is 14.3 Å². The van der Waals surface area contributed by atoms with Crippen LogP contribution in [0, 0.1) is 0 Å². The Morgan fingerprint density at radius 3 is 2.52 bits per heavy atom. The third-order valence-corrected chi connectivity index (χ3v) is 5.68. The Morgan fingerprint density at radius 1 is 1.03 bits per heavy atom. The van der Waals surface area contributed by atoms with E-state index < -0.39 is 0 Å². The van der Waals surface area contributed by atoms with E-state index in [4.69, 9.17) is 9.47 Å². The van der Waals surface area contributed by atoms with E-state index in [1.165, 1.54) is 11.1 Å². The number of likely N-dealkylation sites (tertiary alicyclic amines) is 1. The molecule has 1 unspecified atom stereocenters. The first-order valence-corrected chi connectivity index (χ1v) is 10.3. The fraction of sp³-hybridized carbons (Fsp3) is 0.458.